The number of fused-ring (bicyclic) bond motifs is 1. The fourth-order valence-electron chi connectivity index (χ4n) is 5.11. The Morgan fingerprint density at radius 2 is 1.62 bits per heavy atom. The average molecular weight is 456 g/mol. The average Bonchev–Trinajstić information content (AvgIpc) is 3.16. The molecule has 5 rings (SSSR count). The quantitative estimate of drug-likeness (QED) is 0.607. The van der Waals surface area contributed by atoms with Gasteiger partial charge in [-0.25, -0.2) is 9.37 Å². The summed E-state index contributed by atoms with van der Waals surface area (Å²) >= 11 is 6.64. The monoisotopic (exact) mass is 455 g/mol. The summed E-state index contributed by atoms with van der Waals surface area (Å²) in [4.78, 5) is 9.99. The van der Waals surface area contributed by atoms with Crippen LogP contribution in [0, 0.1) is 19.7 Å². The molecule has 0 radical (unpaired) electrons. The van der Waals surface area contributed by atoms with Gasteiger partial charge >= 0.3 is 0 Å². The number of hydrogen-bond acceptors (Lipinski definition) is 4. The minimum Gasteiger partial charge on any atom is -0.370 e. The van der Waals surface area contributed by atoms with Crippen LogP contribution in [0.1, 0.15) is 36.0 Å². The molecule has 0 atom stereocenters. The number of imidazole rings is 1. The summed E-state index contributed by atoms with van der Waals surface area (Å²) < 4.78 is 16.5. The van der Waals surface area contributed by atoms with E-state index in [0.29, 0.717) is 17.7 Å². The first-order chi connectivity index (χ1) is 15.5. The smallest absolute Gasteiger partial charge is 0.207 e. The molecule has 2 aliphatic heterocycles. The third-order valence-corrected chi connectivity index (χ3v) is 6.93. The van der Waals surface area contributed by atoms with E-state index in [2.05, 4.69) is 25.8 Å². The number of rotatable bonds is 4. The number of nitrogens with one attached hydrogen (secondary N) is 1. The van der Waals surface area contributed by atoms with Gasteiger partial charge < -0.3 is 19.7 Å². The fraction of sp³-hybridized carbons (Fsp3) is 0.480. The third-order valence-electron chi connectivity index (χ3n) is 6.71. The molecule has 0 unspecified atom stereocenters. The molecule has 3 heterocycles. The Hall–Kier alpha value is -2.31. The normalized spacial score (nSPS) is 17.4. The first kappa shape index (κ1) is 21.5. The van der Waals surface area contributed by atoms with Crippen LogP contribution in [-0.2, 0) is 6.54 Å². The summed E-state index contributed by atoms with van der Waals surface area (Å²) in [5, 5.41) is 4.16. The number of aryl methyl sites for hydroxylation is 2. The molecule has 32 heavy (non-hydrogen) atoms. The van der Waals surface area contributed by atoms with Crippen molar-refractivity contribution < 1.29 is 4.39 Å². The van der Waals surface area contributed by atoms with E-state index in [1.807, 2.05) is 32.0 Å². The summed E-state index contributed by atoms with van der Waals surface area (Å²) in [5.74, 6) is 0.851. The second-order valence-electron chi connectivity index (χ2n) is 9.12. The maximum absolute atomic E-state index is 14.3. The molecular weight excluding hydrogens is 425 g/mol. The van der Waals surface area contributed by atoms with Gasteiger partial charge in [-0.05, 0) is 61.9 Å². The minimum absolute atomic E-state index is 0.123. The number of halogens is 2. The van der Waals surface area contributed by atoms with Crippen molar-refractivity contribution in [3.63, 3.8) is 0 Å². The predicted octanol–water partition coefficient (Wildman–Crippen LogP) is 4.89. The molecule has 2 fully saturated rings. The summed E-state index contributed by atoms with van der Waals surface area (Å²) in [6.07, 6.45) is 3.69. The van der Waals surface area contributed by atoms with E-state index in [1.165, 1.54) is 19.3 Å². The summed E-state index contributed by atoms with van der Waals surface area (Å²) in [7, 11) is 0. The number of piperidine rings is 1. The second-order valence-corrected chi connectivity index (χ2v) is 9.56. The van der Waals surface area contributed by atoms with Crippen molar-refractivity contribution in [2.75, 3.05) is 49.1 Å². The molecular formula is C25H31ClFN5. The Kier molecular flexibility index (Phi) is 5.99. The number of aromatic nitrogens is 2. The summed E-state index contributed by atoms with van der Waals surface area (Å²) in [5.41, 5.74) is 5.64. The maximum atomic E-state index is 14.3. The maximum Gasteiger partial charge on any atom is 0.207 e. The van der Waals surface area contributed by atoms with Gasteiger partial charge in [-0.15, -0.1) is 0 Å². The molecule has 0 saturated carbocycles. The van der Waals surface area contributed by atoms with Gasteiger partial charge in [0.1, 0.15) is 11.3 Å². The van der Waals surface area contributed by atoms with E-state index in [1.54, 1.807) is 0 Å². The highest BCUT2D eigenvalue weighted by molar-refractivity contribution is 6.31. The van der Waals surface area contributed by atoms with E-state index < -0.39 is 0 Å². The van der Waals surface area contributed by atoms with Crippen LogP contribution in [0.4, 0.5) is 16.0 Å². The Morgan fingerprint density at radius 3 is 2.31 bits per heavy atom. The summed E-state index contributed by atoms with van der Waals surface area (Å²) in [6.45, 7) is 10.1. The lowest BCUT2D eigenvalue weighted by molar-refractivity contribution is 0.571. The third kappa shape index (κ3) is 4.06. The van der Waals surface area contributed by atoms with Crippen molar-refractivity contribution >= 4 is 34.3 Å². The van der Waals surface area contributed by atoms with E-state index in [9.17, 15) is 4.39 Å². The first-order valence-electron chi connectivity index (χ1n) is 11.7. The van der Waals surface area contributed by atoms with E-state index in [-0.39, 0.29) is 5.82 Å². The van der Waals surface area contributed by atoms with Crippen molar-refractivity contribution in [1.82, 2.24) is 14.9 Å². The van der Waals surface area contributed by atoms with Crippen LogP contribution in [0.3, 0.4) is 0 Å². The minimum atomic E-state index is -0.123. The highest BCUT2D eigenvalue weighted by Crippen LogP contribution is 2.35. The Balaban J connectivity index is 1.65. The van der Waals surface area contributed by atoms with Gasteiger partial charge in [0.15, 0.2) is 0 Å². The standard InChI is InChI=1S/C25H31ClFN5/c1-17-12-19(13-18(2)23(17)27)16-32-22-15-20(26)14-21(30-8-4-3-5-9-30)24(22)29-25(32)31-10-6-28-7-11-31/h12-15,28H,3-11,16H2,1-2H3. The summed E-state index contributed by atoms with van der Waals surface area (Å²) in [6, 6.07) is 8.00. The van der Waals surface area contributed by atoms with E-state index >= 15 is 0 Å². The van der Waals surface area contributed by atoms with Crippen molar-refractivity contribution in [1.29, 1.82) is 0 Å². The van der Waals surface area contributed by atoms with Gasteiger partial charge in [0, 0.05) is 44.3 Å². The van der Waals surface area contributed by atoms with Gasteiger partial charge in [-0.1, -0.05) is 23.7 Å². The zero-order valence-corrected chi connectivity index (χ0v) is 19.7. The Labute approximate surface area is 194 Å². The number of benzene rings is 2. The van der Waals surface area contributed by atoms with Crippen molar-refractivity contribution in [3.05, 3.63) is 51.8 Å². The van der Waals surface area contributed by atoms with E-state index in [0.717, 1.165) is 72.5 Å². The molecule has 0 bridgehead atoms. The highest BCUT2D eigenvalue weighted by Gasteiger charge is 2.24. The lowest BCUT2D eigenvalue weighted by Gasteiger charge is -2.29. The topological polar surface area (TPSA) is 36.3 Å². The molecule has 1 N–H and O–H groups in total. The molecule has 7 heteroatoms. The zero-order valence-electron chi connectivity index (χ0n) is 18.9. The number of nitrogens with zero attached hydrogens (tertiary/aromatic N) is 4. The van der Waals surface area contributed by atoms with Gasteiger partial charge in [-0.2, -0.15) is 0 Å². The SMILES string of the molecule is Cc1cc(Cn2c(N3CCNCC3)nc3c(N4CCCCC4)cc(Cl)cc32)cc(C)c1F. The van der Waals surface area contributed by atoms with Gasteiger partial charge in [0.05, 0.1) is 17.7 Å². The second kappa shape index (κ2) is 8.91. The van der Waals surface area contributed by atoms with Gasteiger partial charge in [0.2, 0.25) is 5.95 Å². The lowest BCUT2D eigenvalue weighted by Crippen LogP contribution is -2.44. The van der Waals surface area contributed by atoms with Crippen molar-refractivity contribution in [3.8, 4) is 0 Å². The van der Waals surface area contributed by atoms with Crippen LogP contribution < -0.4 is 15.1 Å². The number of anilines is 2. The van der Waals surface area contributed by atoms with Crippen LogP contribution in [0.15, 0.2) is 24.3 Å². The molecule has 1 aromatic heterocycles. The number of piperazine rings is 1. The van der Waals surface area contributed by atoms with Crippen LogP contribution in [0.25, 0.3) is 11.0 Å². The highest BCUT2D eigenvalue weighted by atomic mass is 35.5. The van der Waals surface area contributed by atoms with Crippen LogP contribution in [0.2, 0.25) is 5.02 Å². The zero-order chi connectivity index (χ0) is 22.2. The molecule has 0 spiro atoms. The molecule has 2 aromatic carbocycles. The van der Waals surface area contributed by atoms with Crippen molar-refractivity contribution in [2.45, 2.75) is 39.7 Å². The van der Waals surface area contributed by atoms with Gasteiger partial charge in [-0.3, -0.25) is 0 Å². The van der Waals surface area contributed by atoms with Gasteiger partial charge in [0.25, 0.3) is 0 Å². The molecule has 0 amide bonds. The molecule has 170 valence electrons. The largest absolute Gasteiger partial charge is 0.370 e. The predicted molar refractivity (Wildman–Crippen MR) is 131 cm³/mol. The molecule has 5 nitrogen and oxygen atoms in total. The molecule has 3 aromatic rings. The fourth-order valence-corrected chi connectivity index (χ4v) is 5.31. The number of hydrogen-bond donors (Lipinski definition) is 1. The lowest BCUT2D eigenvalue weighted by atomic mass is 10.1. The first-order valence-corrected chi connectivity index (χ1v) is 12.0. The van der Waals surface area contributed by atoms with Crippen LogP contribution >= 0.6 is 11.6 Å². The van der Waals surface area contributed by atoms with Crippen LogP contribution in [-0.4, -0.2) is 48.8 Å². The van der Waals surface area contributed by atoms with E-state index in [4.69, 9.17) is 16.6 Å². The molecule has 2 aliphatic rings. The Morgan fingerprint density at radius 1 is 0.938 bits per heavy atom. The van der Waals surface area contributed by atoms with Crippen LogP contribution in [0.5, 0.6) is 0 Å². The Bertz CT molecular complexity index is 1110. The van der Waals surface area contributed by atoms with Crippen molar-refractivity contribution in [2.24, 2.45) is 0 Å². The molecule has 0 aliphatic carbocycles. The molecule has 2 saturated heterocycles.